The third-order valence-corrected chi connectivity index (χ3v) is 4.00. The summed E-state index contributed by atoms with van der Waals surface area (Å²) in [6, 6.07) is 7.53. The van der Waals surface area contributed by atoms with Crippen molar-refractivity contribution in [3.8, 4) is 0 Å². The van der Waals surface area contributed by atoms with Crippen molar-refractivity contribution < 1.29 is 4.79 Å². The van der Waals surface area contributed by atoms with Gasteiger partial charge in [-0.25, -0.2) is 0 Å². The lowest BCUT2D eigenvalue weighted by Gasteiger charge is -2.19. The van der Waals surface area contributed by atoms with Crippen LogP contribution in [0.1, 0.15) is 23.2 Å². The molecule has 1 aliphatic heterocycles. The van der Waals surface area contributed by atoms with E-state index in [9.17, 15) is 4.79 Å². The number of hydrogen-bond acceptors (Lipinski definition) is 2. The number of carbonyl (C=O) groups is 1. The van der Waals surface area contributed by atoms with Crippen LogP contribution in [-0.4, -0.2) is 37.5 Å². The Labute approximate surface area is 117 Å². The van der Waals surface area contributed by atoms with E-state index < -0.39 is 0 Å². The van der Waals surface area contributed by atoms with Crippen LogP contribution in [0.3, 0.4) is 0 Å². The summed E-state index contributed by atoms with van der Waals surface area (Å²) in [6.45, 7) is 3.05. The van der Waals surface area contributed by atoms with Crippen molar-refractivity contribution in [2.75, 3.05) is 26.7 Å². The highest BCUT2D eigenvalue weighted by Crippen LogP contribution is 2.15. The highest BCUT2D eigenvalue weighted by molar-refractivity contribution is 9.10. The van der Waals surface area contributed by atoms with Crippen LogP contribution < -0.4 is 5.32 Å². The van der Waals surface area contributed by atoms with Gasteiger partial charge >= 0.3 is 0 Å². The van der Waals surface area contributed by atoms with E-state index in [2.05, 4.69) is 21.2 Å². The van der Waals surface area contributed by atoms with Crippen LogP contribution in [0.4, 0.5) is 0 Å². The Morgan fingerprint density at radius 3 is 2.78 bits per heavy atom. The van der Waals surface area contributed by atoms with Gasteiger partial charge in [-0.05, 0) is 56.1 Å². The van der Waals surface area contributed by atoms with Gasteiger partial charge in [-0.2, -0.15) is 0 Å². The lowest BCUT2D eigenvalue weighted by molar-refractivity contribution is 0.0788. The minimum atomic E-state index is 0.105. The normalized spacial score (nSPS) is 18.9. The number of carbonyl (C=O) groups excluding carboxylic acids is 1. The third-order valence-electron chi connectivity index (χ3n) is 3.47. The summed E-state index contributed by atoms with van der Waals surface area (Å²) in [6.07, 6.45) is 2.33. The predicted octanol–water partition coefficient (Wildman–Crippen LogP) is 2.52. The van der Waals surface area contributed by atoms with E-state index >= 15 is 0 Å². The van der Waals surface area contributed by atoms with Crippen molar-refractivity contribution in [2.45, 2.75) is 12.8 Å². The Hall–Kier alpha value is -0.870. The predicted molar refractivity (Wildman–Crippen MR) is 76.7 cm³/mol. The third kappa shape index (κ3) is 3.56. The molecular weight excluding hydrogens is 292 g/mol. The Kier molecular flexibility index (Phi) is 4.78. The SMILES string of the molecule is CN(CCC1CCNC1)C(=O)c1ccc(Br)cc1. The van der Waals surface area contributed by atoms with Gasteiger partial charge < -0.3 is 10.2 Å². The van der Waals surface area contributed by atoms with Crippen LogP contribution in [0.2, 0.25) is 0 Å². The number of halogens is 1. The van der Waals surface area contributed by atoms with Gasteiger partial charge in [0, 0.05) is 23.6 Å². The molecule has 1 heterocycles. The van der Waals surface area contributed by atoms with Crippen LogP contribution in [0.25, 0.3) is 0 Å². The van der Waals surface area contributed by atoms with E-state index in [0.717, 1.165) is 42.0 Å². The second-order valence-electron chi connectivity index (χ2n) is 4.88. The fourth-order valence-electron chi connectivity index (χ4n) is 2.25. The summed E-state index contributed by atoms with van der Waals surface area (Å²) >= 11 is 3.38. The van der Waals surface area contributed by atoms with Crippen molar-refractivity contribution in [3.63, 3.8) is 0 Å². The molecule has 1 aromatic rings. The number of amides is 1. The molecule has 1 aromatic carbocycles. The topological polar surface area (TPSA) is 32.3 Å². The van der Waals surface area contributed by atoms with Gasteiger partial charge in [-0.15, -0.1) is 0 Å². The zero-order chi connectivity index (χ0) is 13.0. The summed E-state index contributed by atoms with van der Waals surface area (Å²) in [7, 11) is 1.88. The quantitative estimate of drug-likeness (QED) is 0.927. The molecule has 0 saturated carbocycles. The minimum absolute atomic E-state index is 0.105. The average molecular weight is 311 g/mol. The number of nitrogens with one attached hydrogen (secondary N) is 1. The monoisotopic (exact) mass is 310 g/mol. The van der Waals surface area contributed by atoms with Crippen LogP contribution in [0.15, 0.2) is 28.7 Å². The van der Waals surface area contributed by atoms with Crippen LogP contribution in [-0.2, 0) is 0 Å². The molecule has 1 amide bonds. The smallest absolute Gasteiger partial charge is 0.253 e. The zero-order valence-electron chi connectivity index (χ0n) is 10.7. The Balaban J connectivity index is 1.85. The summed E-state index contributed by atoms with van der Waals surface area (Å²) in [5, 5.41) is 3.35. The highest BCUT2D eigenvalue weighted by Gasteiger charge is 2.17. The van der Waals surface area contributed by atoms with Crippen molar-refractivity contribution in [1.82, 2.24) is 10.2 Å². The van der Waals surface area contributed by atoms with Gasteiger partial charge in [-0.1, -0.05) is 15.9 Å². The fraction of sp³-hybridized carbons (Fsp3) is 0.500. The van der Waals surface area contributed by atoms with E-state index in [1.54, 1.807) is 0 Å². The van der Waals surface area contributed by atoms with Crippen molar-refractivity contribution in [1.29, 1.82) is 0 Å². The first-order valence-corrected chi connectivity index (χ1v) is 7.18. The molecule has 1 unspecified atom stereocenters. The molecule has 2 rings (SSSR count). The summed E-state index contributed by atoms with van der Waals surface area (Å²) in [5.41, 5.74) is 0.755. The largest absolute Gasteiger partial charge is 0.342 e. The van der Waals surface area contributed by atoms with E-state index in [1.165, 1.54) is 6.42 Å². The molecule has 3 nitrogen and oxygen atoms in total. The molecule has 1 aliphatic rings. The van der Waals surface area contributed by atoms with Gasteiger partial charge in [-0.3, -0.25) is 4.79 Å². The standard InChI is InChI=1S/C14H19BrN2O/c1-17(9-7-11-6-8-16-10-11)14(18)12-2-4-13(15)5-3-12/h2-5,11,16H,6-10H2,1H3. The molecular formula is C14H19BrN2O. The molecule has 1 N–H and O–H groups in total. The fourth-order valence-corrected chi connectivity index (χ4v) is 2.52. The maximum absolute atomic E-state index is 12.2. The molecule has 0 radical (unpaired) electrons. The molecule has 1 saturated heterocycles. The second-order valence-corrected chi connectivity index (χ2v) is 5.80. The van der Waals surface area contributed by atoms with Crippen LogP contribution in [0.5, 0.6) is 0 Å². The Bertz CT molecular complexity index is 399. The van der Waals surface area contributed by atoms with E-state index in [4.69, 9.17) is 0 Å². The van der Waals surface area contributed by atoms with Crippen molar-refractivity contribution >= 4 is 21.8 Å². The first-order valence-electron chi connectivity index (χ1n) is 6.38. The molecule has 18 heavy (non-hydrogen) atoms. The number of hydrogen-bond donors (Lipinski definition) is 1. The van der Waals surface area contributed by atoms with E-state index in [-0.39, 0.29) is 5.91 Å². The van der Waals surface area contributed by atoms with Crippen LogP contribution in [0, 0.1) is 5.92 Å². The average Bonchev–Trinajstić information content (AvgIpc) is 2.89. The Morgan fingerprint density at radius 1 is 1.44 bits per heavy atom. The molecule has 0 bridgehead atoms. The van der Waals surface area contributed by atoms with E-state index in [1.807, 2.05) is 36.2 Å². The van der Waals surface area contributed by atoms with Gasteiger partial charge in [0.2, 0.25) is 0 Å². The number of benzene rings is 1. The molecule has 1 atom stereocenters. The summed E-state index contributed by atoms with van der Waals surface area (Å²) < 4.78 is 0.999. The van der Waals surface area contributed by atoms with Gasteiger partial charge in [0.05, 0.1) is 0 Å². The second kappa shape index (κ2) is 6.34. The maximum Gasteiger partial charge on any atom is 0.253 e. The minimum Gasteiger partial charge on any atom is -0.342 e. The molecule has 0 spiro atoms. The molecule has 4 heteroatoms. The Morgan fingerprint density at radius 2 is 2.17 bits per heavy atom. The summed E-state index contributed by atoms with van der Waals surface area (Å²) in [4.78, 5) is 14.0. The first kappa shape index (κ1) is 13.6. The molecule has 0 aliphatic carbocycles. The summed E-state index contributed by atoms with van der Waals surface area (Å²) in [5.74, 6) is 0.832. The van der Waals surface area contributed by atoms with Gasteiger partial charge in [0.25, 0.3) is 5.91 Å². The highest BCUT2D eigenvalue weighted by atomic mass is 79.9. The first-order chi connectivity index (χ1) is 8.66. The molecule has 0 aromatic heterocycles. The van der Waals surface area contributed by atoms with E-state index in [0.29, 0.717) is 0 Å². The number of rotatable bonds is 4. The van der Waals surface area contributed by atoms with Crippen molar-refractivity contribution in [3.05, 3.63) is 34.3 Å². The van der Waals surface area contributed by atoms with Gasteiger partial charge in [0.1, 0.15) is 0 Å². The lowest BCUT2D eigenvalue weighted by Crippen LogP contribution is -2.29. The molecule has 98 valence electrons. The van der Waals surface area contributed by atoms with Gasteiger partial charge in [0.15, 0.2) is 0 Å². The number of nitrogens with zero attached hydrogens (tertiary/aromatic N) is 1. The maximum atomic E-state index is 12.2. The lowest BCUT2D eigenvalue weighted by atomic mass is 10.0. The molecule has 1 fully saturated rings. The van der Waals surface area contributed by atoms with Crippen LogP contribution >= 0.6 is 15.9 Å². The van der Waals surface area contributed by atoms with Crippen molar-refractivity contribution in [2.24, 2.45) is 5.92 Å². The zero-order valence-corrected chi connectivity index (χ0v) is 12.2.